The third-order valence-corrected chi connectivity index (χ3v) is 0.782. The summed E-state index contributed by atoms with van der Waals surface area (Å²) in [5, 5.41) is 35.7. The van der Waals surface area contributed by atoms with Crippen molar-refractivity contribution in [1.29, 1.82) is 0 Å². The fourth-order valence-electron chi connectivity index (χ4n) is 0.258. The van der Waals surface area contributed by atoms with Crippen molar-refractivity contribution in [2.24, 2.45) is 0 Å². The van der Waals surface area contributed by atoms with E-state index >= 15 is 0 Å². The van der Waals surface area contributed by atoms with E-state index < -0.39 is 24.1 Å². The molecule has 8 heteroatoms. The maximum atomic E-state index is 9.63. The first-order chi connectivity index (χ1) is 4.46. The molecule has 58 valence electrons. The molecule has 6 nitrogen and oxygen atoms in total. The topological polar surface area (TPSA) is 121 Å². The summed E-state index contributed by atoms with van der Waals surface area (Å²) < 4.78 is 0. The molecule has 2 atom stereocenters. The van der Waals surface area contributed by atoms with Crippen molar-refractivity contribution < 1.29 is 59.6 Å². The van der Waals surface area contributed by atoms with Crippen LogP contribution >= 0.6 is 0 Å². The Labute approximate surface area is 107 Å². The summed E-state index contributed by atoms with van der Waals surface area (Å²) in [5.74, 6) is -4.12. The van der Waals surface area contributed by atoms with Gasteiger partial charge >= 0.3 is 53.5 Å². The largest absolute Gasteiger partial charge is 4.00 e. The average Bonchev–Trinajstić information content (AvgIpc) is 1.84. The Kier molecular flexibility index (Phi) is 12.7. The second kappa shape index (κ2) is 8.27. The number of aliphatic carboxylic acids is 2. The van der Waals surface area contributed by atoms with Crippen LogP contribution in [0.3, 0.4) is 0 Å². The van der Waals surface area contributed by atoms with Gasteiger partial charge in [-0.05, 0) is 0 Å². The number of carbonyl (C=O) groups excluding carboxylic acids is 2. The van der Waals surface area contributed by atoms with Crippen LogP contribution in [0.15, 0.2) is 0 Å². The molecule has 0 aliphatic rings. The van der Waals surface area contributed by atoms with Crippen molar-refractivity contribution in [2.45, 2.75) is 12.2 Å². The fourth-order valence-corrected chi connectivity index (χ4v) is 0.258. The normalized spacial score (nSPS) is 13.2. The van der Waals surface area contributed by atoms with E-state index in [2.05, 4.69) is 0 Å². The van der Waals surface area contributed by atoms with Crippen LogP contribution in [-0.2, 0) is 9.59 Å². The molecule has 0 aliphatic heterocycles. The van der Waals surface area contributed by atoms with Crippen molar-refractivity contribution >= 4 is 35.8 Å². The number of carboxylic acids is 2. The van der Waals surface area contributed by atoms with Gasteiger partial charge in [0, 0.05) is 0 Å². The van der Waals surface area contributed by atoms with Crippen LogP contribution < -0.4 is 39.8 Å². The van der Waals surface area contributed by atoms with Crippen LogP contribution in [0.25, 0.3) is 0 Å². The number of aliphatic hydroxyl groups is 2. The Bertz CT molecular complexity index is 144. The molecule has 2 unspecified atom stereocenters. The van der Waals surface area contributed by atoms with Crippen LogP contribution in [0, 0.1) is 0 Å². The minimum Gasteiger partial charge on any atom is -0.547 e. The van der Waals surface area contributed by atoms with Gasteiger partial charge < -0.3 is 30.0 Å². The van der Waals surface area contributed by atoms with E-state index in [0.717, 1.165) is 0 Å². The van der Waals surface area contributed by atoms with Gasteiger partial charge in [-0.2, -0.15) is 0 Å². The molecule has 0 amide bonds. The molecular weight excluding hydrogens is 286 g/mol. The third-order valence-electron chi connectivity index (χ3n) is 0.782. The number of hydrogen-bond donors (Lipinski definition) is 2. The second-order valence-electron chi connectivity index (χ2n) is 1.53. The van der Waals surface area contributed by atoms with E-state index in [1.54, 1.807) is 0 Å². The zero-order valence-electron chi connectivity index (χ0n) is 6.18. The summed E-state index contributed by atoms with van der Waals surface area (Å²) >= 11 is 0. The van der Waals surface area contributed by atoms with Gasteiger partial charge in [0.25, 0.3) is 0 Å². The minimum atomic E-state index is -2.44. The summed E-state index contributed by atoms with van der Waals surface area (Å²) in [6.07, 6.45) is -4.88. The van der Waals surface area contributed by atoms with Crippen molar-refractivity contribution in [3.8, 4) is 0 Å². The number of hydrogen-bond acceptors (Lipinski definition) is 6. The summed E-state index contributed by atoms with van der Waals surface area (Å²) in [4.78, 5) is 19.3. The zero-order valence-corrected chi connectivity index (χ0v) is 11.0. The van der Waals surface area contributed by atoms with Crippen LogP contribution in [-0.4, -0.2) is 58.3 Å². The Balaban J connectivity index is -0.000000405. The van der Waals surface area contributed by atoms with Crippen LogP contribution in [0.4, 0.5) is 0 Å². The van der Waals surface area contributed by atoms with Crippen LogP contribution in [0.5, 0.6) is 0 Å². The Hall–Kier alpha value is 0.659. The van der Waals surface area contributed by atoms with E-state index in [1.807, 2.05) is 0 Å². The average molecular weight is 290 g/mol. The molecule has 0 rings (SSSR count). The predicted molar refractivity (Wildman–Crippen MR) is 27.8 cm³/mol. The molecule has 0 fully saturated rings. The molecule has 2 N–H and O–H groups in total. The SMILES string of the molecule is O=C([O-])C(O)C(O)C(=O)[O-].[Na+].[Sn+4]. The molecule has 0 radical (unpaired) electrons. The van der Waals surface area contributed by atoms with Gasteiger partial charge in [0.1, 0.15) is 12.2 Å². The Morgan fingerprint density at radius 3 is 1.25 bits per heavy atom. The number of aliphatic hydroxyl groups excluding tert-OH is 2. The van der Waals surface area contributed by atoms with Gasteiger partial charge in [-0.15, -0.1) is 0 Å². The Morgan fingerprint density at radius 1 is 1.00 bits per heavy atom. The molecule has 12 heavy (non-hydrogen) atoms. The fraction of sp³-hybridized carbons (Fsp3) is 0.500. The smallest absolute Gasteiger partial charge is 0.547 e. The van der Waals surface area contributed by atoms with Gasteiger partial charge in [-0.3, -0.25) is 0 Å². The molecule has 0 aromatic carbocycles. The first-order valence-electron chi connectivity index (χ1n) is 2.24. The zero-order chi connectivity index (χ0) is 8.31. The van der Waals surface area contributed by atoms with E-state index in [0.29, 0.717) is 0 Å². The van der Waals surface area contributed by atoms with Crippen molar-refractivity contribution in [3.63, 3.8) is 0 Å². The molecule has 0 aromatic rings. The van der Waals surface area contributed by atoms with Crippen molar-refractivity contribution in [3.05, 3.63) is 0 Å². The summed E-state index contributed by atoms with van der Waals surface area (Å²) in [6, 6.07) is 0. The first kappa shape index (κ1) is 18.4. The van der Waals surface area contributed by atoms with E-state index in [1.165, 1.54) is 0 Å². The van der Waals surface area contributed by atoms with Gasteiger partial charge in [0.05, 0.1) is 11.9 Å². The van der Waals surface area contributed by atoms with Crippen molar-refractivity contribution in [2.75, 3.05) is 0 Å². The molecule has 0 aliphatic carbocycles. The second-order valence-corrected chi connectivity index (χ2v) is 1.53. The molecule has 0 saturated heterocycles. The summed E-state index contributed by atoms with van der Waals surface area (Å²) in [6.45, 7) is 0. The maximum absolute atomic E-state index is 9.63. The standard InChI is InChI=1S/C4H6O6.Na.Sn/c5-1(3(7)8)2(6)4(9)10;;/h1-2,5-6H,(H,7,8)(H,9,10);;/q;+1;+4/p-2. The predicted octanol–water partition coefficient (Wildman–Crippen LogP) is -8.17. The van der Waals surface area contributed by atoms with E-state index in [-0.39, 0.29) is 53.5 Å². The molecule has 0 saturated carbocycles. The molecule has 0 bridgehead atoms. The number of rotatable bonds is 3. The van der Waals surface area contributed by atoms with Crippen LogP contribution in [0.1, 0.15) is 0 Å². The summed E-state index contributed by atoms with van der Waals surface area (Å²) in [5.41, 5.74) is 0. The van der Waals surface area contributed by atoms with Gasteiger partial charge in [-0.25, -0.2) is 0 Å². The van der Waals surface area contributed by atoms with Gasteiger partial charge in [0.2, 0.25) is 0 Å². The molecular formula is C4H4NaO6Sn+3. The Morgan fingerprint density at radius 2 is 1.17 bits per heavy atom. The van der Waals surface area contributed by atoms with Crippen LogP contribution in [0.2, 0.25) is 0 Å². The van der Waals surface area contributed by atoms with E-state index in [9.17, 15) is 19.8 Å². The minimum absolute atomic E-state index is 0. The summed E-state index contributed by atoms with van der Waals surface area (Å²) in [7, 11) is 0. The molecule has 0 aromatic heterocycles. The third kappa shape index (κ3) is 6.21. The monoisotopic (exact) mass is 291 g/mol. The first-order valence-corrected chi connectivity index (χ1v) is 2.24. The van der Waals surface area contributed by atoms with Gasteiger partial charge in [-0.1, -0.05) is 0 Å². The maximum Gasteiger partial charge on any atom is 4.00 e. The van der Waals surface area contributed by atoms with Gasteiger partial charge in [0.15, 0.2) is 0 Å². The van der Waals surface area contributed by atoms with Crippen molar-refractivity contribution in [1.82, 2.24) is 0 Å². The van der Waals surface area contributed by atoms with E-state index in [4.69, 9.17) is 10.2 Å². The molecule has 0 heterocycles. The number of carboxylic acid groups (broad SMARTS) is 2. The number of carbonyl (C=O) groups is 2. The molecule has 0 spiro atoms. The quantitative estimate of drug-likeness (QED) is 0.498.